The fourth-order valence-electron chi connectivity index (χ4n) is 4.95. The van der Waals surface area contributed by atoms with Gasteiger partial charge >= 0.3 is 5.97 Å². The Bertz CT molecular complexity index is 1580. The number of sulfonamides is 1. The van der Waals surface area contributed by atoms with Crippen LogP contribution in [0.25, 0.3) is 11.3 Å². The third-order valence-electron chi connectivity index (χ3n) is 6.99. The molecule has 3 aliphatic rings. The Morgan fingerprint density at radius 2 is 1.71 bits per heavy atom. The Balaban J connectivity index is 1.29. The minimum Gasteiger partial charge on any atom is -0.478 e. The minimum absolute atomic E-state index is 0.00401. The van der Waals surface area contributed by atoms with Crippen molar-refractivity contribution in [3.05, 3.63) is 83.7 Å². The number of carboxylic acids is 1. The zero-order valence-electron chi connectivity index (χ0n) is 20.0. The second-order valence-electron chi connectivity index (χ2n) is 9.15. The molecule has 4 heterocycles. The fourth-order valence-corrected chi connectivity index (χ4v) is 6.39. The summed E-state index contributed by atoms with van der Waals surface area (Å²) in [5.41, 5.74) is 0.222. The normalized spacial score (nSPS) is 18.6. The van der Waals surface area contributed by atoms with Crippen molar-refractivity contribution < 1.29 is 37.3 Å². The lowest BCUT2D eigenvalue weighted by Gasteiger charge is -2.37. The van der Waals surface area contributed by atoms with Gasteiger partial charge in [0.15, 0.2) is 22.9 Å². The van der Waals surface area contributed by atoms with Gasteiger partial charge in [0, 0.05) is 32.1 Å². The van der Waals surface area contributed by atoms with Crippen molar-refractivity contribution in [3.63, 3.8) is 0 Å². The van der Waals surface area contributed by atoms with Crippen LogP contribution >= 0.6 is 0 Å². The van der Waals surface area contributed by atoms with Gasteiger partial charge in [-0.3, -0.25) is 9.78 Å². The predicted octanol–water partition coefficient (Wildman–Crippen LogP) is 3.20. The summed E-state index contributed by atoms with van der Waals surface area (Å²) in [6.07, 6.45) is 1.90. The van der Waals surface area contributed by atoms with Crippen LogP contribution in [-0.4, -0.2) is 60.0 Å². The van der Waals surface area contributed by atoms with Gasteiger partial charge in [-0.25, -0.2) is 13.2 Å². The molecule has 0 radical (unpaired) electrons. The molecular weight excluding hydrogens is 512 g/mol. The summed E-state index contributed by atoms with van der Waals surface area (Å²) in [5.74, 6) is 0.0822. The van der Waals surface area contributed by atoms with Crippen LogP contribution in [0.5, 0.6) is 11.5 Å². The highest BCUT2D eigenvalue weighted by atomic mass is 32.2. The fraction of sp³-hybridized carbons (Fsp3) is 0.222. The second-order valence-corrected chi connectivity index (χ2v) is 11.1. The van der Waals surface area contributed by atoms with Crippen LogP contribution in [0, 0.1) is 0 Å². The van der Waals surface area contributed by atoms with Crippen molar-refractivity contribution in [2.75, 3.05) is 19.9 Å². The van der Waals surface area contributed by atoms with E-state index in [-0.39, 0.29) is 49.0 Å². The lowest BCUT2D eigenvalue weighted by Crippen LogP contribution is -2.50. The monoisotopic (exact) mass is 534 g/mol. The van der Waals surface area contributed by atoms with Crippen LogP contribution in [0.2, 0.25) is 0 Å². The summed E-state index contributed by atoms with van der Waals surface area (Å²) in [6.45, 7) is 0.208. The van der Waals surface area contributed by atoms with Gasteiger partial charge in [0.25, 0.3) is 0 Å². The molecule has 194 valence electrons. The van der Waals surface area contributed by atoms with Crippen LogP contribution in [0.1, 0.15) is 34.5 Å². The molecule has 0 unspecified atom stereocenters. The average Bonchev–Trinajstić information content (AvgIpc) is 3.51. The molecule has 1 N–H and O–H groups in total. The van der Waals surface area contributed by atoms with E-state index in [1.807, 2.05) is 0 Å². The zero-order chi connectivity index (χ0) is 26.5. The van der Waals surface area contributed by atoms with Crippen LogP contribution in [0.3, 0.4) is 0 Å². The van der Waals surface area contributed by atoms with Crippen molar-refractivity contribution in [2.45, 2.75) is 23.3 Å². The number of fused-ring (bicyclic) bond motifs is 1. The highest BCUT2D eigenvalue weighted by molar-refractivity contribution is 7.89. The average molecular weight is 535 g/mol. The van der Waals surface area contributed by atoms with Gasteiger partial charge in [-0.05, 0) is 54.1 Å². The number of pyridine rings is 1. The van der Waals surface area contributed by atoms with E-state index in [9.17, 15) is 18.0 Å². The topological polar surface area (TPSA) is 132 Å². The molecule has 1 fully saturated rings. The molecule has 38 heavy (non-hydrogen) atoms. The number of Topliss-reactive ketones (excluding diaryl/α,β-unsaturated/α-hetero) is 1. The van der Waals surface area contributed by atoms with Crippen LogP contribution in [0.15, 0.2) is 71.8 Å². The van der Waals surface area contributed by atoms with E-state index in [0.717, 1.165) is 0 Å². The summed E-state index contributed by atoms with van der Waals surface area (Å²) < 4.78 is 45.1. The summed E-state index contributed by atoms with van der Waals surface area (Å²) in [4.78, 5) is 29.5. The van der Waals surface area contributed by atoms with E-state index >= 15 is 0 Å². The maximum Gasteiger partial charge on any atom is 0.335 e. The SMILES string of the molecule is O=C(O)c1ccc(S(=O)(=O)N2CCC3(CC2)OC(c2ccccn2)=C(c2ccc4c(c2)OCO4)C3=O)cc1. The van der Waals surface area contributed by atoms with Gasteiger partial charge in [-0.15, -0.1) is 0 Å². The molecule has 6 rings (SSSR count). The molecule has 0 atom stereocenters. The number of aromatic nitrogens is 1. The molecule has 0 aliphatic carbocycles. The van der Waals surface area contributed by atoms with Gasteiger partial charge in [-0.1, -0.05) is 12.1 Å². The van der Waals surface area contributed by atoms with Crippen LogP contribution in [0.4, 0.5) is 0 Å². The number of hydrogen-bond donors (Lipinski definition) is 1. The Morgan fingerprint density at radius 1 is 0.974 bits per heavy atom. The zero-order valence-corrected chi connectivity index (χ0v) is 20.8. The standard InChI is InChI=1S/C27H22N2O8S/c30-25-23(18-6-9-21-22(15-18)36-16-35-21)24(20-3-1-2-12-28-20)37-27(25)10-13-29(14-11-27)38(33,34)19-7-4-17(5-8-19)26(31)32/h1-9,12,15H,10-11,13-14,16H2,(H,31,32). The van der Waals surface area contributed by atoms with Crippen molar-refractivity contribution >= 4 is 33.1 Å². The maximum atomic E-state index is 14.0. The number of rotatable bonds is 5. The molecule has 0 bridgehead atoms. The number of piperidine rings is 1. The third kappa shape index (κ3) is 3.91. The number of carbonyl (C=O) groups is 2. The molecule has 0 saturated carbocycles. The molecule has 1 spiro atoms. The number of aromatic carboxylic acids is 1. The van der Waals surface area contributed by atoms with Crippen molar-refractivity contribution in [1.29, 1.82) is 0 Å². The van der Waals surface area contributed by atoms with Crippen LogP contribution < -0.4 is 9.47 Å². The van der Waals surface area contributed by atoms with E-state index in [1.165, 1.54) is 28.6 Å². The Hall–Kier alpha value is -4.22. The van der Waals surface area contributed by atoms with Crippen molar-refractivity contribution in [3.8, 4) is 11.5 Å². The molecule has 3 aliphatic heterocycles. The van der Waals surface area contributed by atoms with E-state index in [0.29, 0.717) is 34.1 Å². The molecule has 11 heteroatoms. The lowest BCUT2D eigenvalue weighted by molar-refractivity contribution is -0.131. The first-order valence-electron chi connectivity index (χ1n) is 11.9. The number of carboxylic acid groups (broad SMARTS) is 1. The number of hydrogen-bond acceptors (Lipinski definition) is 8. The second kappa shape index (κ2) is 8.96. The summed E-state index contributed by atoms with van der Waals surface area (Å²) in [7, 11) is -3.89. The van der Waals surface area contributed by atoms with E-state index < -0.39 is 21.6 Å². The first-order valence-corrected chi connectivity index (χ1v) is 13.4. The molecule has 2 aromatic carbocycles. The summed E-state index contributed by atoms with van der Waals surface area (Å²) in [5, 5.41) is 9.10. The number of nitrogens with zero attached hydrogens (tertiary/aromatic N) is 2. The van der Waals surface area contributed by atoms with Gasteiger partial charge < -0.3 is 19.3 Å². The highest BCUT2D eigenvalue weighted by Gasteiger charge is 2.53. The summed E-state index contributed by atoms with van der Waals surface area (Å²) >= 11 is 0. The lowest BCUT2D eigenvalue weighted by atomic mass is 9.84. The van der Waals surface area contributed by atoms with E-state index in [2.05, 4.69) is 4.98 Å². The largest absolute Gasteiger partial charge is 0.478 e. The highest BCUT2D eigenvalue weighted by Crippen LogP contribution is 2.47. The molecule has 10 nitrogen and oxygen atoms in total. The van der Waals surface area contributed by atoms with Gasteiger partial charge in [0.1, 0.15) is 5.69 Å². The Kier molecular flexibility index (Phi) is 5.69. The third-order valence-corrected chi connectivity index (χ3v) is 8.91. The maximum absolute atomic E-state index is 14.0. The van der Waals surface area contributed by atoms with E-state index in [1.54, 1.807) is 42.6 Å². The molecule has 1 saturated heterocycles. The minimum atomic E-state index is -3.89. The molecule has 1 aromatic heterocycles. The number of carbonyl (C=O) groups excluding carboxylic acids is 1. The van der Waals surface area contributed by atoms with Gasteiger partial charge in [-0.2, -0.15) is 4.31 Å². The first-order chi connectivity index (χ1) is 18.3. The first kappa shape index (κ1) is 24.1. The molecular formula is C27H22N2O8S. The van der Waals surface area contributed by atoms with Gasteiger partial charge in [0.05, 0.1) is 16.0 Å². The Morgan fingerprint density at radius 3 is 2.39 bits per heavy atom. The smallest absolute Gasteiger partial charge is 0.335 e. The van der Waals surface area contributed by atoms with E-state index in [4.69, 9.17) is 19.3 Å². The predicted molar refractivity (Wildman–Crippen MR) is 134 cm³/mol. The summed E-state index contributed by atoms with van der Waals surface area (Å²) in [6, 6.07) is 15.6. The van der Waals surface area contributed by atoms with Crippen molar-refractivity contribution in [1.82, 2.24) is 9.29 Å². The Labute approximate surface area is 218 Å². The van der Waals surface area contributed by atoms with Gasteiger partial charge in [0.2, 0.25) is 22.6 Å². The number of ketones is 1. The van der Waals surface area contributed by atoms with Crippen molar-refractivity contribution in [2.24, 2.45) is 0 Å². The molecule has 0 amide bonds. The number of benzene rings is 2. The quantitative estimate of drug-likeness (QED) is 0.524. The van der Waals surface area contributed by atoms with Crippen LogP contribution in [-0.2, 0) is 19.6 Å². The molecule has 3 aromatic rings. The number of ether oxygens (including phenoxy) is 3.